The molecule has 0 heterocycles. The van der Waals surface area contributed by atoms with Gasteiger partial charge in [-0.15, -0.1) is 0 Å². The monoisotopic (exact) mass is 204 g/mol. The molecule has 76 valence electrons. The first-order chi connectivity index (χ1) is 5.98. The van der Waals surface area contributed by atoms with Crippen LogP contribution in [0.25, 0.3) is 0 Å². The van der Waals surface area contributed by atoms with Gasteiger partial charge in [0.05, 0.1) is 6.61 Å². The van der Waals surface area contributed by atoms with E-state index in [9.17, 15) is 4.57 Å². The molecule has 0 aromatic carbocycles. The second-order valence-electron chi connectivity index (χ2n) is 3.14. The zero-order valence-corrected chi connectivity index (χ0v) is 9.04. The summed E-state index contributed by atoms with van der Waals surface area (Å²) >= 11 is 0. The van der Waals surface area contributed by atoms with E-state index in [0.29, 0.717) is 5.92 Å². The van der Waals surface area contributed by atoms with E-state index in [2.05, 4.69) is 25.0 Å². The van der Waals surface area contributed by atoms with Crippen LogP contribution in [0.4, 0.5) is 0 Å². The Morgan fingerprint density at radius 1 is 1.54 bits per heavy atom. The minimum Gasteiger partial charge on any atom is -0.321 e. The molecule has 0 aromatic heterocycles. The van der Waals surface area contributed by atoms with Crippen LogP contribution in [0, 0.1) is 5.92 Å². The maximum Gasteiger partial charge on any atom is 0.351 e. The second kappa shape index (κ2) is 6.14. The molecule has 1 atom stereocenters. The molecule has 0 spiro atoms. The molecule has 0 saturated heterocycles. The van der Waals surface area contributed by atoms with E-state index in [4.69, 9.17) is 4.89 Å². The fourth-order valence-corrected chi connectivity index (χ4v) is 1.04. The zero-order valence-electron chi connectivity index (χ0n) is 8.14. The lowest BCUT2D eigenvalue weighted by Gasteiger charge is -2.04. The van der Waals surface area contributed by atoms with E-state index < -0.39 is 7.60 Å². The van der Waals surface area contributed by atoms with Crippen molar-refractivity contribution < 1.29 is 14.0 Å². The van der Waals surface area contributed by atoms with Crippen molar-refractivity contribution in [2.24, 2.45) is 5.92 Å². The van der Waals surface area contributed by atoms with Gasteiger partial charge in [0.25, 0.3) is 0 Å². The summed E-state index contributed by atoms with van der Waals surface area (Å²) in [7, 11) is -3.52. The van der Waals surface area contributed by atoms with E-state index >= 15 is 0 Å². The summed E-state index contributed by atoms with van der Waals surface area (Å²) in [5.74, 6) is 1.53. The molecule has 0 rings (SSSR count). The van der Waals surface area contributed by atoms with Crippen molar-refractivity contribution in [3.63, 3.8) is 0 Å². The third kappa shape index (κ3) is 7.97. The molecule has 0 fully saturated rings. The van der Waals surface area contributed by atoms with Crippen molar-refractivity contribution in [3.05, 3.63) is 24.5 Å². The first kappa shape index (κ1) is 12.6. The fourth-order valence-electron chi connectivity index (χ4n) is 0.639. The zero-order chi connectivity index (χ0) is 10.3. The smallest absolute Gasteiger partial charge is 0.321 e. The summed E-state index contributed by atoms with van der Waals surface area (Å²) in [4.78, 5) is 8.91. The van der Waals surface area contributed by atoms with Gasteiger partial charge in [0.2, 0.25) is 0 Å². The van der Waals surface area contributed by atoms with Gasteiger partial charge in [-0.25, -0.2) is 0 Å². The summed E-state index contributed by atoms with van der Waals surface area (Å²) in [5.41, 5.74) is 0. The molecule has 4 heteroatoms. The third-order valence-electron chi connectivity index (χ3n) is 1.36. The molecular weight excluding hydrogens is 187 g/mol. The molecule has 0 aromatic rings. The maximum atomic E-state index is 10.9. The molecule has 1 N–H and O–H groups in total. The SMILES string of the molecule is C=CP(=O)(O)OCC=CCC(C)C. The van der Waals surface area contributed by atoms with Crippen LogP contribution >= 0.6 is 7.60 Å². The Kier molecular flexibility index (Phi) is 5.97. The molecule has 0 aliphatic heterocycles. The number of rotatable bonds is 6. The molecule has 0 saturated carbocycles. The quantitative estimate of drug-likeness (QED) is 0.534. The minimum absolute atomic E-state index is 0.159. The van der Waals surface area contributed by atoms with Crippen LogP contribution in [0.1, 0.15) is 20.3 Å². The summed E-state index contributed by atoms with van der Waals surface area (Å²) in [6, 6.07) is 0. The van der Waals surface area contributed by atoms with Crippen molar-refractivity contribution in [2.75, 3.05) is 6.61 Å². The lowest BCUT2D eigenvalue weighted by molar-refractivity contribution is 0.297. The second-order valence-corrected chi connectivity index (χ2v) is 4.90. The van der Waals surface area contributed by atoms with Crippen LogP contribution < -0.4 is 0 Å². The molecular formula is C9H17O3P. The van der Waals surface area contributed by atoms with Gasteiger partial charge in [-0.1, -0.05) is 32.6 Å². The van der Waals surface area contributed by atoms with E-state index in [-0.39, 0.29) is 6.61 Å². The van der Waals surface area contributed by atoms with Crippen LogP contribution in [0.3, 0.4) is 0 Å². The third-order valence-corrected chi connectivity index (χ3v) is 2.34. The van der Waals surface area contributed by atoms with Crippen molar-refractivity contribution in [2.45, 2.75) is 20.3 Å². The Morgan fingerprint density at radius 3 is 2.62 bits per heavy atom. The predicted octanol–water partition coefficient (Wildman–Crippen LogP) is 2.93. The van der Waals surface area contributed by atoms with Crippen molar-refractivity contribution in [1.29, 1.82) is 0 Å². The maximum absolute atomic E-state index is 10.9. The van der Waals surface area contributed by atoms with Gasteiger partial charge in [-0.05, 0) is 12.3 Å². The van der Waals surface area contributed by atoms with Crippen molar-refractivity contribution in [3.8, 4) is 0 Å². The molecule has 13 heavy (non-hydrogen) atoms. The standard InChI is InChI=1S/C9H17O3P/c1-4-13(10,11)12-8-6-5-7-9(2)3/h4-6,9H,1,7-8H2,2-3H3,(H,10,11). The van der Waals surface area contributed by atoms with Gasteiger partial charge in [0, 0.05) is 5.82 Å². The molecule has 0 bridgehead atoms. The van der Waals surface area contributed by atoms with E-state index in [1.165, 1.54) is 0 Å². The minimum atomic E-state index is -3.52. The molecule has 3 nitrogen and oxygen atoms in total. The highest BCUT2D eigenvalue weighted by atomic mass is 31.2. The lowest BCUT2D eigenvalue weighted by atomic mass is 10.1. The van der Waals surface area contributed by atoms with Gasteiger partial charge in [-0.2, -0.15) is 0 Å². The van der Waals surface area contributed by atoms with E-state index in [1.54, 1.807) is 6.08 Å². The Labute approximate surface area is 79.7 Å². The highest BCUT2D eigenvalue weighted by molar-refractivity contribution is 7.56. The predicted molar refractivity (Wildman–Crippen MR) is 54.6 cm³/mol. The molecule has 0 amide bonds. The summed E-state index contributed by atoms with van der Waals surface area (Å²) in [6.07, 6.45) is 4.63. The van der Waals surface area contributed by atoms with Crippen LogP contribution in [0.2, 0.25) is 0 Å². The first-order valence-corrected chi connectivity index (χ1v) is 5.88. The van der Waals surface area contributed by atoms with E-state index in [1.807, 2.05) is 6.08 Å². The van der Waals surface area contributed by atoms with E-state index in [0.717, 1.165) is 12.2 Å². The van der Waals surface area contributed by atoms with Crippen LogP contribution in [0.15, 0.2) is 24.5 Å². The molecule has 0 aliphatic rings. The lowest BCUT2D eigenvalue weighted by Crippen LogP contribution is -1.87. The molecule has 1 unspecified atom stereocenters. The number of allylic oxidation sites excluding steroid dienone is 1. The van der Waals surface area contributed by atoms with Gasteiger partial charge in [0.15, 0.2) is 0 Å². The van der Waals surface area contributed by atoms with Gasteiger partial charge in [-0.3, -0.25) is 4.57 Å². The van der Waals surface area contributed by atoms with Gasteiger partial charge in [0.1, 0.15) is 0 Å². The van der Waals surface area contributed by atoms with Crippen LogP contribution in [-0.4, -0.2) is 11.5 Å². The average Bonchev–Trinajstić information content (AvgIpc) is 2.03. The molecule has 0 aliphatic carbocycles. The number of hydrogen-bond acceptors (Lipinski definition) is 2. The normalized spacial score (nSPS) is 16.3. The van der Waals surface area contributed by atoms with Crippen molar-refractivity contribution in [1.82, 2.24) is 0 Å². The first-order valence-electron chi connectivity index (χ1n) is 4.23. The Morgan fingerprint density at radius 2 is 2.15 bits per heavy atom. The Bertz CT molecular complexity index is 221. The highest BCUT2D eigenvalue weighted by Crippen LogP contribution is 2.42. The fraction of sp³-hybridized carbons (Fsp3) is 0.556. The Balaban J connectivity index is 3.62. The summed E-state index contributed by atoms with van der Waals surface area (Å²) in [5, 5.41) is 0. The largest absolute Gasteiger partial charge is 0.351 e. The highest BCUT2D eigenvalue weighted by Gasteiger charge is 2.10. The van der Waals surface area contributed by atoms with Gasteiger partial charge >= 0.3 is 7.60 Å². The Hall–Kier alpha value is -0.370. The number of hydrogen-bond donors (Lipinski definition) is 1. The average molecular weight is 204 g/mol. The van der Waals surface area contributed by atoms with Gasteiger partial charge < -0.3 is 9.42 Å². The summed E-state index contributed by atoms with van der Waals surface area (Å²) < 4.78 is 15.5. The topological polar surface area (TPSA) is 46.5 Å². The summed E-state index contributed by atoms with van der Waals surface area (Å²) in [6.45, 7) is 7.56. The van der Waals surface area contributed by atoms with Crippen LogP contribution in [0.5, 0.6) is 0 Å². The molecule has 0 radical (unpaired) electrons. The van der Waals surface area contributed by atoms with Crippen LogP contribution in [-0.2, 0) is 9.09 Å². The van der Waals surface area contributed by atoms with Crippen molar-refractivity contribution >= 4 is 7.60 Å².